The average Bonchev–Trinajstić information content (AvgIpc) is 2.96. The molecule has 0 radical (unpaired) electrons. The van der Waals surface area contributed by atoms with E-state index >= 15 is 0 Å². The molecule has 0 aromatic carbocycles. The van der Waals surface area contributed by atoms with Crippen LogP contribution in [0.5, 0.6) is 0 Å². The van der Waals surface area contributed by atoms with Crippen LogP contribution in [0.4, 0.5) is 0 Å². The predicted molar refractivity (Wildman–Crippen MR) is 130 cm³/mol. The van der Waals surface area contributed by atoms with Gasteiger partial charge in [-0.1, -0.05) is 0 Å². The van der Waals surface area contributed by atoms with Crippen LogP contribution in [0.15, 0.2) is 0 Å². The van der Waals surface area contributed by atoms with Crippen molar-refractivity contribution in [3.05, 3.63) is 0 Å². The van der Waals surface area contributed by atoms with Gasteiger partial charge < -0.3 is 90.3 Å². The van der Waals surface area contributed by atoms with Crippen molar-refractivity contribution in [3.8, 4) is 0 Å². The van der Waals surface area contributed by atoms with E-state index < -0.39 is 136 Å². The van der Waals surface area contributed by atoms with Crippen molar-refractivity contribution in [1.82, 2.24) is 5.32 Å². The highest BCUT2D eigenvalue weighted by Gasteiger charge is 2.60. The van der Waals surface area contributed by atoms with Crippen LogP contribution in [0.25, 0.3) is 0 Å². The summed E-state index contributed by atoms with van der Waals surface area (Å²) in [6.45, 7) is -1.85. The molecule has 3 heterocycles. The zero-order valence-electron chi connectivity index (χ0n) is 22.7. The Morgan fingerprint density at radius 3 is 2.07 bits per heavy atom. The molecule has 13 N–H and O–H groups in total. The second-order valence-electron chi connectivity index (χ2n) is 10.5. The van der Waals surface area contributed by atoms with E-state index in [-0.39, 0.29) is 0 Å². The van der Waals surface area contributed by atoms with Crippen LogP contribution < -0.4 is 5.32 Å². The lowest BCUT2D eigenvalue weighted by Gasteiger charge is -2.50. The third-order valence-corrected chi connectivity index (χ3v) is 7.47. The third-order valence-electron chi connectivity index (χ3n) is 7.47. The summed E-state index contributed by atoms with van der Waals surface area (Å²) in [6, 6.07) is -1.54. The number of ether oxygens (including phenoxy) is 5. The van der Waals surface area contributed by atoms with E-state index in [1.807, 2.05) is 0 Å². The number of carboxylic acid groups (broad SMARTS) is 1. The van der Waals surface area contributed by atoms with Crippen molar-refractivity contribution in [2.45, 2.75) is 111 Å². The highest BCUT2D eigenvalue weighted by Crippen LogP contribution is 2.38. The Morgan fingerprint density at radius 2 is 1.53 bits per heavy atom. The number of aliphatic hydroxyl groups excluding tert-OH is 11. The molecule has 0 bridgehead atoms. The molecule has 1 amide bonds. The van der Waals surface area contributed by atoms with Crippen LogP contribution in [0.3, 0.4) is 0 Å². The van der Waals surface area contributed by atoms with E-state index in [2.05, 4.69) is 5.32 Å². The molecule has 43 heavy (non-hydrogen) atoms. The van der Waals surface area contributed by atoms with Crippen molar-refractivity contribution in [3.63, 3.8) is 0 Å². The first-order chi connectivity index (χ1) is 20.1. The average molecular weight is 634 g/mol. The molecule has 0 aliphatic carbocycles. The van der Waals surface area contributed by atoms with E-state index in [1.165, 1.54) is 0 Å². The van der Waals surface area contributed by atoms with E-state index in [0.29, 0.717) is 0 Å². The molecule has 0 spiro atoms. The maximum absolute atomic E-state index is 12.5. The normalized spacial score (nSPS) is 45.3. The lowest BCUT2D eigenvalue weighted by Crippen LogP contribution is -2.70. The molecule has 3 saturated heterocycles. The third kappa shape index (κ3) is 7.41. The lowest BCUT2D eigenvalue weighted by molar-refractivity contribution is -0.385. The molecule has 20 heteroatoms. The van der Waals surface area contributed by atoms with Gasteiger partial charge in [-0.3, -0.25) is 4.79 Å². The molecular formula is C23H39NO19. The van der Waals surface area contributed by atoms with Crippen molar-refractivity contribution in [1.29, 1.82) is 0 Å². The van der Waals surface area contributed by atoms with E-state index in [4.69, 9.17) is 23.7 Å². The van der Waals surface area contributed by atoms with Gasteiger partial charge in [0.1, 0.15) is 67.1 Å². The summed E-state index contributed by atoms with van der Waals surface area (Å²) in [5, 5.41) is 124. The smallest absolute Gasteiger partial charge is 0.364 e. The van der Waals surface area contributed by atoms with Crippen molar-refractivity contribution >= 4 is 11.9 Å². The SMILES string of the molecule is CC(=O)N[C@H]1[C@H]([C@H](O)[C@H](O)CO)O[C@@](O[C@H]2[C@@H](O)[C@@H](CO)O[C@@H](O[C@@H]3[C@H](O)[C@@H](O)[C@H](O)O[C@@H]3CO)[C@@H]2O)(C(=O)O)C[C@@H]1O. The van der Waals surface area contributed by atoms with E-state index in [1.54, 1.807) is 0 Å². The van der Waals surface area contributed by atoms with Crippen LogP contribution >= 0.6 is 0 Å². The summed E-state index contributed by atoms with van der Waals surface area (Å²) in [5.74, 6) is -5.74. The van der Waals surface area contributed by atoms with Gasteiger partial charge in [0.25, 0.3) is 5.79 Å². The molecule has 0 unspecified atom stereocenters. The van der Waals surface area contributed by atoms with Gasteiger partial charge in [-0.15, -0.1) is 0 Å². The Labute approximate surface area is 243 Å². The van der Waals surface area contributed by atoms with Gasteiger partial charge in [0, 0.05) is 13.3 Å². The Bertz CT molecular complexity index is 942. The number of amides is 1. The second-order valence-corrected chi connectivity index (χ2v) is 10.5. The Balaban J connectivity index is 1.94. The maximum atomic E-state index is 12.5. The fourth-order valence-corrected chi connectivity index (χ4v) is 5.16. The zero-order chi connectivity index (χ0) is 32.4. The number of carboxylic acids is 1. The number of aliphatic hydroxyl groups is 11. The second kappa shape index (κ2) is 14.6. The standard InChI is InChI=1S/C23H39NO19/c1-6(28)24-11-7(29)2-23(22(37)38,42-18(11)12(31)8(30)3-25)43-19-13(32)9(4-26)40-21(16(19)35)41-17-10(5-27)39-20(36)15(34)14(17)33/h7-21,25-27,29-36H,2-5H2,1H3,(H,24,28)(H,37,38)/t7-,8+,9+,10+,11+,12+,13-,14+,15+,16+,17-,18+,19-,20+,21-,23-/m0/s1. The molecule has 3 aliphatic heterocycles. The van der Waals surface area contributed by atoms with Crippen molar-refractivity contribution < 1.29 is 94.6 Å². The predicted octanol–water partition coefficient (Wildman–Crippen LogP) is -8.22. The van der Waals surface area contributed by atoms with Crippen molar-refractivity contribution in [2.75, 3.05) is 19.8 Å². The maximum Gasteiger partial charge on any atom is 0.364 e. The summed E-state index contributed by atoms with van der Waals surface area (Å²) in [6.07, 6.45) is -27.8. The van der Waals surface area contributed by atoms with Crippen LogP contribution in [0, 0.1) is 0 Å². The molecule has 3 aliphatic rings. The molecule has 250 valence electrons. The van der Waals surface area contributed by atoms with Crippen LogP contribution in [-0.4, -0.2) is 191 Å². The molecule has 16 atom stereocenters. The first kappa shape index (κ1) is 35.8. The molecule has 0 saturated carbocycles. The highest BCUT2D eigenvalue weighted by molar-refractivity contribution is 5.76. The van der Waals surface area contributed by atoms with Crippen molar-refractivity contribution in [2.24, 2.45) is 0 Å². The lowest BCUT2D eigenvalue weighted by atomic mass is 9.88. The minimum absolute atomic E-state index is 0.749. The number of aliphatic carboxylic acids is 1. The van der Waals surface area contributed by atoms with Crippen LogP contribution in [-0.2, 0) is 33.3 Å². The van der Waals surface area contributed by atoms with E-state index in [9.17, 15) is 70.9 Å². The Hall–Kier alpha value is -1.70. The summed E-state index contributed by atoms with van der Waals surface area (Å²) in [4.78, 5) is 24.3. The summed E-state index contributed by atoms with van der Waals surface area (Å²) in [7, 11) is 0. The minimum atomic E-state index is -3.02. The number of carbonyl (C=O) groups excluding carboxylic acids is 1. The zero-order valence-corrected chi connectivity index (χ0v) is 22.7. The first-order valence-electron chi connectivity index (χ1n) is 13.2. The Kier molecular flexibility index (Phi) is 12.1. The summed E-state index contributed by atoms with van der Waals surface area (Å²) < 4.78 is 26.8. The largest absolute Gasteiger partial charge is 0.477 e. The summed E-state index contributed by atoms with van der Waals surface area (Å²) in [5.41, 5.74) is 0. The number of carbonyl (C=O) groups is 2. The van der Waals surface area contributed by atoms with Crippen LogP contribution in [0.1, 0.15) is 13.3 Å². The molecular weight excluding hydrogens is 594 g/mol. The van der Waals surface area contributed by atoms with Gasteiger partial charge in [-0.25, -0.2) is 4.79 Å². The molecule has 3 rings (SSSR count). The molecule has 20 nitrogen and oxygen atoms in total. The number of hydrogen-bond donors (Lipinski definition) is 13. The topological polar surface area (TPSA) is 335 Å². The monoisotopic (exact) mass is 633 g/mol. The number of rotatable bonds is 11. The fraction of sp³-hybridized carbons (Fsp3) is 0.913. The van der Waals surface area contributed by atoms with Gasteiger partial charge in [0.2, 0.25) is 5.91 Å². The van der Waals surface area contributed by atoms with Gasteiger partial charge in [-0.2, -0.15) is 0 Å². The minimum Gasteiger partial charge on any atom is -0.477 e. The molecule has 0 aromatic heterocycles. The highest BCUT2D eigenvalue weighted by atomic mass is 16.8. The molecule has 3 fully saturated rings. The number of hydrogen-bond acceptors (Lipinski definition) is 18. The number of nitrogens with one attached hydrogen (secondary N) is 1. The van der Waals surface area contributed by atoms with E-state index in [0.717, 1.165) is 6.92 Å². The summed E-state index contributed by atoms with van der Waals surface area (Å²) >= 11 is 0. The van der Waals surface area contributed by atoms with Gasteiger partial charge in [0.15, 0.2) is 12.6 Å². The molecule has 0 aromatic rings. The quantitative estimate of drug-likeness (QED) is 0.100. The van der Waals surface area contributed by atoms with Gasteiger partial charge >= 0.3 is 5.97 Å². The van der Waals surface area contributed by atoms with Gasteiger partial charge in [-0.05, 0) is 0 Å². The fourth-order valence-electron chi connectivity index (χ4n) is 5.16. The Morgan fingerprint density at radius 1 is 0.907 bits per heavy atom. The van der Waals surface area contributed by atoms with Gasteiger partial charge in [0.05, 0.1) is 32.0 Å². The van der Waals surface area contributed by atoms with Crippen LogP contribution in [0.2, 0.25) is 0 Å². The first-order valence-corrected chi connectivity index (χ1v) is 13.2.